The van der Waals surface area contributed by atoms with Gasteiger partial charge in [0.2, 0.25) is 0 Å². The van der Waals surface area contributed by atoms with Gasteiger partial charge in [-0.05, 0) is 12.5 Å². The standard InChI is InChI=1S/C14H17NO4/c1-10(11-5-3-2-4-6-11)15-8-7-12(9-13(16)17)19-14(15)18/h2-6,10,12H,7-9H2,1H3,(H,16,17). The molecule has 0 bridgehead atoms. The first-order chi connectivity index (χ1) is 9.08. The third-order valence-corrected chi connectivity index (χ3v) is 3.35. The molecule has 1 aliphatic rings. The number of cyclic esters (lactones) is 1. The zero-order valence-electron chi connectivity index (χ0n) is 10.8. The molecule has 5 nitrogen and oxygen atoms in total. The van der Waals surface area contributed by atoms with Gasteiger partial charge in [0.15, 0.2) is 0 Å². The average molecular weight is 263 g/mol. The monoisotopic (exact) mass is 263 g/mol. The molecule has 1 saturated heterocycles. The summed E-state index contributed by atoms with van der Waals surface area (Å²) in [5, 5.41) is 8.70. The fourth-order valence-electron chi connectivity index (χ4n) is 2.25. The van der Waals surface area contributed by atoms with E-state index in [1.54, 1.807) is 4.90 Å². The number of ether oxygens (including phenoxy) is 1. The molecule has 2 unspecified atom stereocenters. The van der Waals surface area contributed by atoms with Gasteiger partial charge >= 0.3 is 12.1 Å². The number of aliphatic carboxylic acids is 1. The number of nitrogens with zero attached hydrogens (tertiary/aromatic N) is 1. The Morgan fingerprint density at radius 3 is 2.74 bits per heavy atom. The molecular formula is C14H17NO4. The van der Waals surface area contributed by atoms with Gasteiger partial charge in [0.1, 0.15) is 6.10 Å². The minimum atomic E-state index is -0.942. The number of carbonyl (C=O) groups is 2. The minimum Gasteiger partial charge on any atom is -0.481 e. The third kappa shape index (κ3) is 3.24. The van der Waals surface area contributed by atoms with Gasteiger partial charge < -0.3 is 14.7 Å². The van der Waals surface area contributed by atoms with E-state index >= 15 is 0 Å². The highest BCUT2D eigenvalue weighted by Gasteiger charge is 2.31. The summed E-state index contributed by atoms with van der Waals surface area (Å²) in [6.45, 7) is 2.46. The minimum absolute atomic E-state index is 0.0699. The fraction of sp³-hybridized carbons (Fsp3) is 0.429. The van der Waals surface area contributed by atoms with Crippen LogP contribution in [0.15, 0.2) is 30.3 Å². The van der Waals surface area contributed by atoms with E-state index in [1.807, 2.05) is 37.3 Å². The molecule has 5 heteroatoms. The van der Waals surface area contributed by atoms with Crippen molar-refractivity contribution in [3.63, 3.8) is 0 Å². The molecule has 0 aromatic heterocycles. The van der Waals surface area contributed by atoms with Crippen molar-refractivity contribution < 1.29 is 19.4 Å². The summed E-state index contributed by atoms with van der Waals surface area (Å²) in [7, 11) is 0. The van der Waals surface area contributed by atoms with E-state index in [-0.39, 0.29) is 12.5 Å². The van der Waals surface area contributed by atoms with Crippen molar-refractivity contribution in [3.05, 3.63) is 35.9 Å². The Morgan fingerprint density at radius 1 is 1.47 bits per heavy atom. The second kappa shape index (κ2) is 5.73. The van der Waals surface area contributed by atoms with E-state index in [4.69, 9.17) is 9.84 Å². The molecule has 2 atom stereocenters. The maximum absolute atomic E-state index is 11.9. The summed E-state index contributed by atoms with van der Waals surface area (Å²) in [6, 6.07) is 9.62. The van der Waals surface area contributed by atoms with Crippen LogP contribution in [0.3, 0.4) is 0 Å². The number of hydrogen-bond donors (Lipinski definition) is 1. The fourth-order valence-corrected chi connectivity index (χ4v) is 2.25. The summed E-state index contributed by atoms with van der Waals surface area (Å²) in [6.07, 6.45) is -0.521. The molecule has 102 valence electrons. The number of benzene rings is 1. The maximum atomic E-state index is 11.9. The molecule has 1 aliphatic heterocycles. The van der Waals surface area contributed by atoms with Gasteiger partial charge in [0.25, 0.3) is 0 Å². The highest BCUT2D eigenvalue weighted by molar-refractivity contribution is 5.71. The van der Waals surface area contributed by atoms with Crippen LogP contribution in [-0.2, 0) is 9.53 Å². The van der Waals surface area contributed by atoms with Crippen LogP contribution in [0.5, 0.6) is 0 Å². The van der Waals surface area contributed by atoms with Crippen molar-refractivity contribution in [3.8, 4) is 0 Å². The van der Waals surface area contributed by atoms with Crippen LogP contribution in [0, 0.1) is 0 Å². The lowest BCUT2D eigenvalue weighted by atomic mass is 10.1. The van der Waals surface area contributed by atoms with Crippen LogP contribution < -0.4 is 0 Å². The first kappa shape index (κ1) is 13.4. The summed E-state index contributed by atoms with van der Waals surface area (Å²) < 4.78 is 5.16. The highest BCUT2D eigenvalue weighted by atomic mass is 16.6. The smallest absolute Gasteiger partial charge is 0.410 e. The summed E-state index contributed by atoms with van der Waals surface area (Å²) in [4.78, 5) is 24.2. The Bertz CT molecular complexity index is 460. The van der Waals surface area contributed by atoms with E-state index in [9.17, 15) is 9.59 Å². The molecule has 0 radical (unpaired) electrons. The molecule has 1 aromatic rings. The molecule has 0 spiro atoms. The van der Waals surface area contributed by atoms with E-state index in [1.165, 1.54) is 0 Å². The lowest BCUT2D eigenvalue weighted by molar-refractivity contribution is -0.140. The van der Waals surface area contributed by atoms with Crippen molar-refractivity contribution in [2.45, 2.75) is 31.9 Å². The van der Waals surface area contributed by atoms with Gasteiger partial charge in [-0.3, -0.25) is 4.79 Å². The Balaban J connectivity index is 2.00. The first-order valence-corrected chi connectivity index (χ1v) is 6.32. The van der Waals surface area contributed by atoms with E-state index in [2.05, 4.69) is 0 Å². The van der Waals surface area contributed by atoms with Gasteiger partial charge in [-0.1, -0.05) is 30.3 Å². The van der Waals surface area contributed by atoms with Crippen LogP contribution >= 0.6 is 0 Å². The Morgan fingerprint density at radius 2 is 2.16 bits per heavy atom. The average Bonchev–Trinajstić information content (AvgIpc) is 2.38. The number of carbonyl (C=O) groups excluding carboxylic acids is 1. The molecule has 0 aliphatic carbocycles. The van der Waals surface area contributed by atoms with Crippen LogP contribution in [0.1, 0.15) is 31.4 Å². The largest absolute Gasteiger partial charge is 0.481 e. The molecule has 1 heterocycles. The number of carboxylic acids is 1. The molecule has 1 aromatic carbocycles. The normalized spacial score (nSPS) is 20.8. The topological polar surface area (TPSA) is 66.8 Å². The number of carboxylic acid groups (broad SMARTS) is 1. The Labute approximate surface area is 111 Å². The molecular weight excluding hydrogens is 246 g/mol. The Kier molecular flexibility index (Phi) is 4.04. The predicted octanol–water partition coefficient (Wildman–Crippen LogP) is 2.43. The zero-order chi connectivity index (χ0) is 13.8. The zero-order valence-corrected chi connectivity index (χ0v) is 10.8. The van der Waals surface area contributed by atoms with Crippen molar-refractivity contribution in [1.82, 2.24) is 4.90 Å². The van der Waals surface area contributed by atoms with Crippen LogP contribution in [-0.4, -0.2) is 34.7 Å². The molecule has 2 rings (SSSR count). The summed E-state index contributed by atoms with van der Waals surface area (Å²) in [5.41, 5.74) is 1.04. The van der Waals surface area contributed by atoms with E-state index < -0.39 is 18.2 Å². The maximum Gasteiger partial charge on any atom is 0.410 e. The van der Waals surface area contributed by atoms with Gasteiger partial charge in [-0.2, -0.15) is 0 Å². The summed E-state index contributed by atoms with van der Waals surface area (Å²) >= 11 is 0. The van der Waals surface area contributed by atoms with Crippen LogP contribution in [0.2, 0.25) is 0 Å². The lowest BCUT2D eigenvalue weighted by Crippen LogP contribution is -2.43. The van der Waals surface area contributed by atoms with E-state index in [0.717, 1.165) is 5.56 Å². The SMILES string of the molecule is CC(c1ccccc1)N1CCC(CC(=O)O)OC1=O. The second-order valence-corrected chi connectivity index (χ2v) is 4.67. The number of amides is 1. The second-order valence-electron chi connectivity index (χ2n) is 4.67. The molecule has 1 amide bonds. The Hall–Kier alpha value is -2.04. The number of rotatable bonds is 4. The first-order valence-electron chi connectivity index (χ1n) is 6.32. The highest BCUT2D eigenvalue weighted by Crippen LogP contribution is 2.25. The molecule has 0 saturated carbocycles. The quantitative estimate of drug-likeness (QED) is 0.906. The number of hydrogen-bond acceptors (Lipinski definition) is 3. The third-order valence-electron chi connectivity index (χ3n) is 3.35. The molecule has 19 heavy (non-hydrogen) atoms. The summed E-state index contributed by atoms with van der Waals surface area (Å²) in [5.74, 6) is -0.942. The lowest BCUT2D eigenvalue weighted by Gasteiger charge is -2.35. The van der Waals surface area contributed by atoms with E-state index in [0.29, 0.717) is 13.0 Å². The van der Waals surface area contributed by atoms with Crippen LogP contribution in [0.25, 0.3) is 0 Å². The van der Waals surface area contributed by atoms with Crippen molar-refractivity contribution >= 4 is 12.1 Å². The van der Waals surface area contributed by atoms with Crippen molar-refractivity contribution in [2.24, 2.45) is 0 Å². The van der Waals surface area contributed by atoms with Crippen LogP contribution in [0.4, 0.5) is 4.79 Å². The molecule has 1 N–H and O–H groups in total. The predicted molar refractivity (Wildman–Crippen MR) is 68.7 cm³/mol. The molecule has 1 fully saturated rings. The van der Waals surface area contributed by atoms with Gasteiger partial charge in [-0.15, -0.1) is 0 Å². The van der Waals surface area contributed by atoms with Gasteiger partial charge in [0, 0.05) is 13.0 Å². The van der Waals surface area contributed by atoms with Crippen molar-refractivity contribution in [2.75, 3.05) is 6.54 Å². The van der Waals surface area contributed by atoms with Crippen molar-refractivity contribution in [1.29, 1.82) is 0 Å². The van der Waals surface area contributed by atoms with Gasteiger partial charge in [-0.25, -0.2) is 4.79 Å². The van der Waals surface area contributed by atoms with Gasteiger partial charge in [0.05, 0.1) is 12.5 Å².